The minimum Gasteiger partial charge on any atom is -0.243 e. The quantitative estimate of drug-likeness (QED) is 0.401. The van der Waals surface area contributed by atoms with Gasteiger partial charge in [-0.25, -0.2) is 9.13 Å². The molecule has 1 heterocycles. The monoisotopic (exact) mass is 389 g/mol. The summed E-state index contributed by atoms with van der Waals surface area (Å²) in [4.78, 5) is -3.63. The Morgan fingerprint density at radius 2 is 1.17 bits per heavy atom. The summed E-state index contributed by atoms with van der Waals surface area (Å²) in [6.07, 6.45) is -19.7. The largest absolute Gasteiger partial charge is 0.439 e. The van der Waals surface area contributed by atoms with E-state index in [1.54, 1.807) is 0 Å². The first-order valence-corrected chi connectivity index (χ1v) is 5.34. The Hall–Kier alpha value is -1.25. The molecular formula is C9H4F13NO. The molecule has 1 rings (SSSR count). The Morgan fingerprint density at radius 1 is 0.833 bits per heavy atom. The summed E-state index contributed by atoms with van der Waals surface area (Å²) in [5.41, 5.74) is 0. The Kier molecular flexibility index (Phi) is 4.44. The Bertz CT molecular complexity index is 490. The average molecular weight is 389 g/mol. The van der Waals surface area contributed by atoms with Crippen LogP contribution in [0.15, 0.2) is 12.7 Å². The van der Waals surface area contributed by atoms with Gasteiger partial charge in [-0.3, -0.25) is 0 Å². The van der Waals surface area contributed by atoms with Gasteiger partial charge in [-0.1, -0.05) is 6.58 Å². The van der Waals surface area contributed by atoms with Gasteiger partial charge in [-0.2, -0.15) is 52.7 Å². The van der Waals surface area contributed by atoms with E-state index in [0.717, 1.165) is 0 Å². The SMILES string of the molecule is C=CC(F)(F)C(F)C(F)(F)N1C(F)(F)C(F)(F)OC(F)(F)C1(F)F. The van der Waals surface area contributed by atoms with E-state index in [1.807, 2.05) is 4.74 Å². The molecular weight excluding hydrogens is 385 g/mol. The summed E-state index contributed by atoms with van der Waals surface area (Å²) < 4.78 is 171. The van der Waals surface area contributed by atoms with Gasteiger partial charge < -0.3 is 0 Å². The van der Waals surface area contributed by atoms with E-state index in [0.29, 0.717) is 0 Å². The second kappa shape index (κ2) is 5.12. The van der Waals surface area contributed by atoms with Crippen LogP contribution in [-0.2, 0) is 4.74 Å². The fourth-order valence-corrected chi connectivity index (χ4v) is 1.54. The zero-order valence-corrected chi connectivity index (χ0v) is 10.6. The van der Waals surface area contributed by atoms with Crippen LogP contribution in [0.4, 0.5) is 57.1 Å². The second-order valence-electron chi connectivity index (χ2n) is 4.38. The van der Waals surface area contributed by atoms with E-state index >= 15 is 0 Å². The van der Waals surface area contributed by atoms with E-state index in [4.69, 9.17) is 0 Å². The predicted molar refractivity (Wildman–Crippen MR) is 47.7 cm³/mol. The summed E-state index contributed by atoms with van der Waals surface area (Å²) >= 11 is 0. The molecule has 0 aromatic rings. The van der Waals surface area contributed by atoms with Crippen molar-refractivity contribution in [1.29, 1.82) is 0 Å². The molecule has 0 aromatic carbocycles. The van der Waals surface area contributed by atoms with E-state index in [9.17, 15) is 57.1 Å². The highest BCUT2D eigenvalue weighted by molar-refractivity contribution is 5.05. The van der Waals surface area contributed by atoms with Gasteiger partial charge in [0.15, 0.2) is 0 Å². The molecule has 1 atom stereocenters. The summed E-state index contributed by atoms with van der Waals surface area (Å²) in [6, 6.07) is -20.9. The third-order valence-electron chi connectivity index (χ3n) is 2.73. The van der Waals surface area contributed by atoms with Crippen LogP contribution in [0.25, 0.3) is 0 Å². The van der Waals surface area contributed by atoms with Crippen LogP contribution >= 0.6 is 0 Å². The summed E-state index contributed by atoms with van der Waals surface area (Å²) in [7, 11) is 0. The zero-order chi connectivity index (χ0) is 19.6. The number of hydrogen-bond donors (Lipinski definition) is 0. The molecule has 1 fully saturated rings. The number of morpholine rings is 1. The maximum atomic E-state index is 13.4. The fourth-order valence-electron chi connectivity index (χ4n) is 1.54. The van der Waals surface area contributed by atoms with Crippen LogP contribution < -0.4 is 0 Å². The summed E-state index contributed by atoms with van der Waals surface area (Å²) in [5.74, 6) is -5.52. The fraction of sp³-hybridized carbons (Fsp3) is 0.778. The first-order chi connectivity index (χ1) is 10.3. The van der Waals surface area contributed by atoms with Crippen molar-refractivity contribution in [3.63, 3.8) is 0 Å². The van der Waals surface area contributed by atoms with Crippen molar-refractivity contribution in [3.05, 3.63) is 12.7 Å². The molecule has 0 aliphatic carbocycles. The zero-order valence-electron chi connectivity index (χ0n) is 10.6. The number of nitrogens with zero attached hydrogens (tertiary/aromatic N) is 1. The first kappa shape index (κ1) is 20.8. The third kappa shape index (κ3) is 2.60. The van der Waals surface area contributed by atoms with Gasteiger partial charge in [0.25, 0.3) is 0 Å². The topological polar surface area (TPSA) is 12.5 Å². The van der Waals surface area contributed by atoms with E-state index < -0.39 is 53.4 Å². The van der Waals surface area contributed by atoms with Crippen LogP contribution in [0.1, 0.15) is 0 Å². The highest BCUT2D eigenvalue weighted by atomic mass is 19.4. The molecule has 0 spiro atoms. The molecule has 0 radical (unpaired) electrons. The molecule has 0 N–H and O–H groups in total. The Balaban J connectivity index is 3.63. The lowest BCUT2D eigenvalue weighted by Gasteiger charge is -2.50. The highest BCUT2D eigenvalue weighted by Crippen LogP contribution is 2.60. The van der Waals surface area contributed by atoms with Crippen molar-refractivity contribution in [1.82, 2.24) is 4.90 Å². The molecule has 24 heavy (non-hydrogen) atoms. The third-order valence-corrected chi connectivity index (χ3v) is 2.73. The second-order valence-corrected chi connectivity index (χ2v) is 4.38. The molecule has 15 heteroatoms. The molecule has 0 saturated carbocycles. The van der Waals surface area contributed by atoms with Crippen LogP contribution in [0.3, 0.4) is 0 Å². The molecule has 142 valence electrons. The molecule has 0 amide bonds. The number of alkyl halides is 13. The van der Waals surface area contributed by atoms with Gasteiger partial charge >= 0.3 is 36.3 Å². The van der Waals surface area contributed by atoms with Crippen LogP contribution in [-0.4, -0.2) is 47.4 Å². The summed E-state index contributed by atoms with van der Waals surface area (Å²) in [5, 5.41) is 0. The maximum absolute atomic E-state index is 13.4. The number of hydrogen-bond acceptors (Lipinski definition) is 2. The Labute approximate surface area is 123 Å². The standard InChI is InChI=1S/C9H4F13NO/c1-2-4(11,12)3(10)5(13,14)23-6(15,16)8(19,20)24-9(21,22)7(23,17)18/h2-3H,1H2. The number of ether oxygens (including phenoxy) is 1. The molecule has 1 aliphatic rings. The number of allylic oxidation sites excluding steroid dienone is 1. The molecule has 0 aromatic heterocycles. The lowest BCUT2D eigenvalue weighted by molar-refractivity contribution is -0.588. The van der Waals surface area contributed by atoms with E-state index in [2.05, 4.69) is 6.58 Å². The molecule has 2 nitrogen and oxygen atoms in total. The highest BCUT2D eigenvalue weighted by Gasteiger charge is 2.88. The summed E-state index contributed by atoms with van der Waals surface area (Å²) in [6.45, 7) is 2.10. The molecule has 1 aliphatic heterocycles. The minimum absolute atomic E-state index is 0.946. The van der Waals surface area contributed by atoms with Crippen molar-refractivity contribution in [2.24, 2.45) is 0 Å². The molecule has 0 bridgehead atoms. The first-order valence-electron chi connectivity index (χ1n) is 5.34. The van der Waals surface area contributed by atoms with Gasteiger partial charge in [0.1, 0.15) is 0 Å². The average Bonchev–Trinajstić information content (AvgIpc) is 2.33. The maximum Gasteiger partial charge on any atom is 0.439 e. The van der Waals surface area contributed by atoms with Crippen LogP contribution in [0, 0.1) is 0 Å². The van der Waals surface area contributed by atoms with Gasteiger partial charge in [-0.15, -0.1) is 4.90 Å². The molecule has 1 saturated heterocycles. The van der Waals surface area contributed by atoms with E-state index in [1.165, 1.54) is 0 Å². The van der Waals surface area contributed by atoms with E-state index in [-0.39, 0.29) is 0 Å². The number of halogens is 13. The number of rotatable bonds is 4. The van der Waals surface area contributed by atoms with Gasteiger partial charge in [-0.05, 0) is 6.08 Å². The van der Waals surface area contributed by atoms with Crippen LogP contribution in [0.2, 0.25) is 0 Å². The van der Waals surface area contributed by atoms with Crippen molar-refractivity contribution >= 4 is 0 Å². The van der Waals surface area contributed by atoms with Gasteiger partial charge in [0, 0.05) is 0 Å². The van der Waals surface area contributed by atoms with Crippen molar-refractivity contribution in [2.75, 3.05) is 0 Å². The predicted octanol–water partition coefficient (Wildman–Crippen LogP) is 4.44. The normalized spacial score (nSPS) is 27.5. The van der Waals surface area contributed by atoms with Crippen LogP contribution in [0.5, 0.6) is 0 Å². The van der Waals surface area contributed by atoms with Crippen molar-refractivity contribution in [2.45, 2.75) is 42.5 Å². The van der Waals surface area contributed by atoms with Crippen molar-refractivity contribution in [3.8, 4) is 0 Å². The van der Waals surface area contributed by atoms with Crippen molar-refractivity contribution < 1.29 is 61.8 Å². The Morgan fingerprint density at radius 3 is 1.46 bits per heavy atom. The molecule has 1 unspecified atom stereocenters. The lowest BCUT2D eigenvalue weighted by atomic mass is 10.1. The van der Waals surface area contributed by atoms with Gasteiger partial charge in [0.2, 0.25) is 6.17 Å². The smallest absolute Gasteiger partial charge is 0.243 e. The van der Waals surface area contributed by atoms with Gasteiger partial charge in [0.05, 0.1) is 0 Å². The minimum atomic E-state index is -7.00. The lowest BCUT2D eigenvalue weighted by Crippen LogP contribution is -2.79.